The Bertz CT molecular complexity index is 129. The third kappa shape index (κ3) is 14.0. The molecular weight excluding hydrogens is 204 g/mol. The third-order valence-electron chi connectivity index (χ3n) is 2.81. The Morgan fingerprint density at radius 2 is 1.20 bits per heavy atom. The summed E-state index contributed by atoms with van der Waals surface area (Å²) < 4.78 is 0. The second-order valence-corrected chi connectivity index (χ2v) is 4.58. The second-order valence-electron chi connectivity index (χ2n) is 4.33. The van der Waals surface area contributed by atoms with Crippen molar-refractivity contribution in [1.82, 2.24) is 0 Å². The van der Waals surface area contributed by atoms with E-state index in [0.29, 0.717) is 0 Å². The Labute approximate surface area is 101 Å². The normalized spacial score (nSPS) is 11.3. The van der Waals surface area contributed by atoms with Crippen molar-refractivity contribution in [2.24, 2.45) is 0 Å². The van der Waals surface area contributed by atoms with Gasteiger partial charge >= 0.3 is 0 Å². The summed E-state index contributed by atoms with van der Waals surface area (Å²) in [5, 5.41) is 0. The first-order valence-corrected chi connectivity index (χ1v) is 7.10. The fourth-order valence-corrected chi connectivity index (χ4v) is 1.94. The molecule has 0 saturated heterocycles. The van der Waals surface area contributed by atoms with Crippen molar-refractivity contribution in [3.05, 3.63) is 11.6 Å². The largest absolute Gasteiger partial charge is 0.0933 e. The summed E-state index contributed by atoms with van der Waals surface area (Å²) in [6.45, 7) is 2.27. The highest BCUT2D eigenvalue weighted by atomic mass is 35.5. The molecule has 0 N–H and O–H groups in total. The van der Waals surface area contributed by atoms with E-state index in [9.17, 15) is 0 Å². The first-order valence-electron chi connectivity index (χ1n) is 6.67. The molecule has 0 rings (SSSR count). The molecule has 0 amide bonds. The highest BCUT2D eigenvalue weighted by Crippen LogP contribution is 2.11. The van der Waals surface area contributed by atoms with Crippen LogP contribution in [0, 0.1) is 0 Å². The van der Waals surface area contributed by atoms with Crippen LogP contribution < -0.4 is 0 Å². The van der Waals surface area contributed by atoms with Crippen LogP contribution in [0.3, 0.4) is 0 Å². The Kier molecular flexibility index (Phi) is 14.1. The zero-order chi connectivity index (χ0) is 11.2. The van der Waals surface area contributed by atoms with Crippen molar-refractivity contribution in [2.75, 3.05) is 0 Å². The molecule has 0 saturated carbocycles. The maximum Gasteiger partial charge on any atom is 0.000245 e. The van der Waals surface area contributed by atoms with Crippen molar-refractivity contribution in [2.45, 2.75) is 77.6 Å². The number of allylic oxidation sites excluding steroid dienone is 1. The van der Waals surface area contributed by atoms with Gasteiger partial charge in [0, 0.05) is 5.54 Å². The molecule has 0 aromatic heterocycles. The zero-order valence-electron chi connectivity index (χ0n) is 10.3. The molecule has 0 fully saturated rings. The van der Waals surface area contributed by atoms with Gasteiger partial charge < -0.3 is 0 Å². The molecule has 0 heterocycles. The van der Waals surface area contributed by atoms with Gasteiger partial charge in [-0.1, -0.05) is 82.4 Å². The molecule has 90 valence electrons. The lowest BCUT2D eigenvalue weighted by Crippen LogP contribution is -1.81. The SMILES string of the molecule is CCCCCCCCCCCCC=CCl. The molecule has 0 atom stereocenters. The molecule has 15 heavy (non-hydrogen) atoms. The highest BCUT2D eigenvalue weighted by molar-refractivity contribution is 6.25. The van der Waals surface area contributed by atoms with Gasteiger partial charge in [0.2, 0.25) is 0 Å². The van der Waals surface area contributed by atoms with Gasteiger partial charge in [0.15, 0.2) is 0 Å². The number of unbranched alkanes of at least 4 members (excludes halogenated alkanes) is 10. The number of halogens is 1. The van der Waals surface area contributed by atoms with Crippen molar-refractivity contribution < 1.29 is 0 Å². The standard InChI is InChI=1S/C14H27Cl/c1-2-3-4-5-6-7-8-9-10-11-12-13-14-15/h13-14H,2-12H2,1H3. The lowest BCUT2D eigenvalue weighted by Gasteiger charge is -2.01. The predicted molar refractivity (Wildman–Crippen MR) is 71.5 cm³/mol. The Morgan fingerprint density at radius 1 is 0.733 bits per heavy atom. The monoisotopic (exact) mass is 230 g/mol. The summed E-state index contributed by atoms with van der Waals surface area (Å²) in [5.74, 6) is 0. The van der Waals surface area contributed by atoms with Gasteiger partial charge in [-0.25, -0.2) is 0 Å². The molecule has 1 heteroatoms. The summed E-state index contributed by atoms with van der Waals surface area (Å²) in [5.41, 5.74) is 1.63. The predicted octanol–water partition coefficient (Wildman–Crippen LogP) is 6.05. The van der Waals surface area contributed by atoms with E-state index in [1.807, 2.05) is 6.08 Å². The van der Waals surface area contributed by atoms with Crippen LogP contribution in [0.1, 0.15) is 77.6 Å². The first-order chi connectivity index (χ1) is 7.41. The Balaban J connectivity index is 2.86. The van der Waals surface area contributed by atoms with Gasteiger partial charge in [0.1, 0.15) is 0 Å². The molecule has 0 spiro atoms. The fraction of sp³-hybridized carbons (Fsp3) is 0.857. The molecular formula is C14H27Cl. The van der Waals surface area contributed by atoms with E-state index < -0.39 is 0 Å². The minimum atomic E-state index is 1.15. The zero-order valence-corrected chi connectivity index (χ0v) is 11.1. The van der Waals surface area contributed by atoms with Crippen molar-refractivity contribution in [3.8, 4) is 0 Å². The van der Waals surface area contributed by atoms with Crippen LogP contribution in [0.15, 0.2) is 11.6 Å². The van der Waals surface area contributed by atoms with Crippen LogP contribution in [0.5, 0.6) is 0 Å². The number of hydrogen-bond acceptors (Lipinski definition) is 0. The molecule has 0 aliphatic heterocycles. The van der Waals surface area contributed by atoms with E-state index in [1.54, 1.807) is 5.54 Å². The summed E-state index contributed by atoms with van der Waals surface area (Å²) in [7, 11) is 0. The van der Waals surface area contributed by atoms with Gasteiger partial charge in [0.05, 0.1) is 0 Å². The molecule has 0 aromatic rings. The molecule has 0 bridgehead atoms. The molecule has 0 unspecified atom stereocenters. The third-order valence-corrected chi connectivity index (χ3v) is 2.99. The van der Waals surface area contributed by atoms with Gasteiger partial charge in [0.25, 0.3) is 0 Å². The van der Waals surface area contributed by atoms with Gasteiger partial charge in [-0.3, -0.25) is 0 Å². The summed E-state index contributed by atoms with van der Waals surface area (Å²) in [4.78, 5) is 0. The van der Waals surface area contributed by atoms with E-state index in [2.05, 4.69) is 6.92 Å². The average molecular weight is 231 g/mol. The lowest BCUT2D eigenvalue weighted by molar-refractivity contribution is 0.557. The van der Waals surface area contributed by atoms with Crippen LogP contribution in [-0.2, 0) is 0 Å². The van der Waals surface area contributed by atoms with Crippen molar-refractivity contribution >= 4 is 11.6 Å². The highest BCUT2D eigenvalue weighted by Gasteiger charge is 1.91. The first kappa shape index (κ1) is 15.0. The van der Waals surface area contributed by atoms with Gasteiger partial charge in [-0.15, -0.1) is 0 Å². The minimum Gasteiger partial charge on any atom is -0.0933 e. The van der Waals surface area contributed by atoms with Gasteiger partial charge in [-0.2, -0.15) is 0 Å². The van der Waals surface area contributed by atoms with Gasteiger partial charge in [-0.05, 0) is 12.8 Å². The minimum absolute atomic E-state index is 1.15. The smallest absolute Gasteiger partial charge is 0.000245 e. The fourth-order valence-electron chi connectivity index (χ4n) is 1.81. The van der Waals surface area contributed by atoms with Crippen LogP contribution in [0.4, 0.5) is 0 Å². The molecule has 0 aromatic carbocycles. The van der Waals surface area contributed by atoms with Crippen LogP contribution >= 0.6 is 11.6 Å². The summed E-state index contributed by atoms with van der Waals surface area (Å²) in [6, 6.07) is 0. The summed E-state index contributed by atoms with van der Waals surface area (Å²) >= 11 is 5.44. The molecule has 0 nitrogen and oxygen atoms in total. The Morgan fingerprint density at radius 3 is 1.67 bits per heavy atom. The molecule has 0 radical (unpaired) electrons. The van der Waals surface area contributed by atoms with Crippen molar-refractivity contribution in [1.29, 1.82) is 0 Å². The average Bonchev–Trinajstić information content (AvgIpc) is 2.26. The molecule has 0 aliphatic rings. The van der Waals surface area contributed by atoms with E-state index in [1.165, 1.54) is 64.2 Å². The topological polar surface area (TPSA) is 0 Å². The Hall–Kier alpha value is 0.0300. The maximum absolute atomic E-state index is 5.44. The van der Waals surface area contributed by atoms with Crippen LogP contribution in [0.2, 0.25) is 0 Å². The maximum atomic E-state index is 5.44. The van der Waals surface area contributed by atoms with E-state index >= 15 is 0 Å². The van der Waals surface area contributed by atoms with E-state index in [0.717, 1.165) is 6.42 Å². The van der Waals surface area contributed by atoms with E-state index in [-0.39, 0.29) is 0 Å². The number of hydrogen-bond donors (Lipinski definition) is 0. The lowest BCUT2D eigenvalue weighted by atomic mass is 10.1. The van der Waals surface area contributed by atoms with E-state index in [4.69, 9.17) is 11.6 Å². The summed E-state index contributed by atoms with van der Waals surface area (Å²) in [6.07, 6.45) is 17.3. The van der Waals surface area contributed by atoms with Crippen molar-refractivity contribution in [3.63, 3.8) is 0 Å². The second kappa shape index (κ2) is 14.0. The van der Waals surface area contributed by atoms with Crippen LogP contribution in [0.25, 0.3) is 0 Å². The van der Waals surface area contributed by atoms with Crippen LogP contribution in [-0.4, -0.2) is 0 Å². The number of rotatable bonds is 11. The molecule has 0 aliphatic carbocycles. The quantitative estimate of drug-likeness (QED) is 0.379.